The Morgan fingerprint density at radius 1 is 1.42 bits per heavy atom. The largest absolute Gasteiger partial charge is 0.349 e. The Kier molecular flexibility index (Phi) is 3.84. The Bertz CT molecular complexity index is 455. The molecule has 2 aliphatic carbocycles. The Morgan fingerprint density at radius 3 is 3.00 bits per heavy atom. The van der Waals surface area contributed by atoms with Gasteiger partial charge < -0.3 is 11.1 Å². The third-order valence-corrected chi connectivity index (χ3v) is 5.14. The smallest absolute Gasteiger partial charge is 0.223 e. The van der Waals surface area contributed by atoms with Crippen LogP contribution in [0.1, 0.15) is 48.7 Å². The predicted molar refractivity (Wildman–Crippen MR) is 75.8 cm³/mol. The predicted octanol–water partition coefficient (Wildman–Crippen LogP) is 2.01. The highest BCUT2D eigenvalue weighted by molar-refractivity contribution is 7.09. The number of nitrogens with one attached hydrogen (secondary N) is 1. The van der Waals surface area contributed by atoms with Gasteiger partial charge in [-0.05, 0) is 38.1 Å². The van der Waals surface area contributed by atoms with Crippen LogP contribution in [-0.4, -0.2) is 17.4 Å². The number of nitrogens with zero attached hydrogens (tertiary/aromatic N) is 1. The molecule has 0 radical (unpaired) electrons. The molecule has 1 heterocycles. The molecule has 0 aliphatic heterocycles. The standard InChI is InChI=1S/C14H21N3OS/c15-6-10-2-1-3-11(10)14(18)16-7-13-17-12(8-19-13)9-4-5-9/h8-11H,1-7,15H2,(H,16,18)/t10-,11-/m1/s1. The number of carbonyl (C=O) groups excluding carboxylic acids is 1. The lowest BCUT2D eigenvalue weighted by Gasteiger charge is -2.16. The van der Waals surface area contributed by atoms with Crippen molar-refractivity contribution in [2.24, 2.45) is 17.6 Å². The minimum Gasteiger partial charge on any atom is -0.349 e. The van der Waals surface area contributed by atoms with E-state index in [1.165, 1.54) is 18.5 Å². The summed E-state index contributed by atoms with van der Waals surface area (Å²) in [5, 5.41) is 6.19. The van der Waals surface area contributed by atoms with Crippen molar-refractivity contribution < 1.29 is 4.79 Å². The van der Waals surface area contributed by atoms with E-state index in [0.29, 0.717) is 24.9 Å². The Morgan fingerprint density at radius 2 is 2.26 bits per heavy atom. The van der Waals surface area contributed by atoms with Crippen LogP contribution < -0.4 is 11.1 Å². The summed E-state index contributed by atoms with van der Waals surface area (Å²) in [6.07, 6.45) is 5.76. The molecule has 0 spiro atoms. The lowest BCUT2D eigenvalue weighted by atomic mass is 9.95. The first-order valence-corrected chi connectivity index (χ1v) is 8.08. The molecule has 2 fully saturated rings. The van der Waals surface area contributed by atoms with E-state index < -0.39 is 0 Å². The van der Waals surface area contributed by atoms with Gasteiger partial charge in [-0.1, -0.05) is 6.42 Å². The number of nitrogens with two attached hydrogens (primary N) is 1. The molecule has 3 N–H and O–H groups in total. The van der Waals surface area contributed by atoms with Crippen molar-refractivity contribution in [3.63, 3.8) is 0 Å². The molecule has 1 aromatic rings. The summed E-state index contributed by atoms with van der Waals surface area (Å²) >= 11 is 1.66. The van der Waals surface area contributed by atoms with E-state index in [-0.39, 0.29) is 11.8 Å². The number of amides is 1. The monoisotopic (exact) mass is 279 g/mol. The highest BCUT2D eigenvalue weighted by Gasteiger charge is 2.32. The number of aromatic nitrogens is 1. The quantitative estimate of drug-likeness (QED) is 0.866. The van der Waals surface area contributed by atoms with Crippen molar-refractivity contribution in [1.82, 2.24) is 10.3 Å². The van der Waals surface area contributed by atoms with Crippen LogP contribution >= 0.6 is 11.3 Å². The van der Waals surface area contributed by atoms with Gasteiger partial charge in [-0.15, -0.1) is 11.3 Å². The van der Waals surface area contributed by atoms with Crippen molar-refractivity contribution in [3.05, 3.63) is 16.1 Å². The van der Waals surface area contributed by atoms with Gasteiger partial charge in [0.25, 0.3) is 0 Å². The van der Waals surface area contributed by atoms with Crippen LogP contribution in [0.3, 0.4) is 0 Å². The average Bonchev–Trinajstić information content (AvgIpc) is 2.99. The topological polar surface area (TPSA) is 68.0 Å². The molecule has 0 bridgehead atoms. The van der Waals surface area contributed by atoms with E-state index >= 15 is 0 Å². The van der Waals surface area contributed by atoms with Crippen LogP contribution in [0.5, 0.6) is 0 Å². The molecule has 4 nitrogen and oxygen atoms in total. The summed E-state index contributed by atoms with van der Waals surface area (Å²) in [5.74, 6) is 1.35. The van der Waals surface area contributed by atoms with Crippen molar-refractivity contribution in [3.8, 4) is 0 Å². The summed E-state index contributed by atoms with van der Waals surface area (Å²) in [6, 6.07) is 0. The van der Waals surface area contributed by atoms with Crippen LogP contribution in [0, 0.1) is 11.8 Å². The third-order valence-electron chi connectivity index (χ3n) is 4.28. The van der Waals surface area contributed by atoms with Crippen LogP contribution in [0.15, 0.2) is 5.38 Å². The fraction of sp³-hybridized carbons (Fsp3) is 0.714. The van der Waals surface area contributed by atoms with E-state index in [4.69, 9.17) is 5.73 Å². The van der Waals surface area contributed by atoms with Crippen LogP contribution in [-0.2, 0) is 11.3 Å². The van der Waals surface area contributed by atoms with Crippen molar-refractivity contribution >= 4 is 17.2 Å². The number of carbonyl (C=O) groups is 1. The minimum absolute atomic E-state index is 0.118. The van der Waals surface area contributed by atoms with Crippen molar-refractivity contribution in [1.29, 1.82) is 0 Å². The van der Waals surface area contributed by atoms with Crippen LogP contribution in [0.4, 0.5) is 0 Å². The SMILES string of the molecule is NC[C@H]1CCC[C@H]1C(=O)NCc1nc(C2CC2)cs1. The summed E-state index contributed by atoms with van der Waals surface area (Å²) < 4.78 is 0. The maximum atomic E-state index is 12.2. The Hall–Kier alpha value is -0.940. The maximum Gasteiger partial charge on any atom is 0.223 e. The fourth-order valence-electron chi connectivity index (χ4n) is 2.93. The highest BCUT2D eigenvalue weighted by atomic mass is 32.1. The van der Waals surface area contributed by atoms with Gasteiger partial charge in [0.1, 0.15) is 5.01 Å². The van der Waals surface area contributed by atoms with E-state index in [1.807, 2.05) is 0 Å². The third kappa shape index (κ3) is 2.98. The average molecular weight is 279 g/mol. The van der Waals surface area contributed by atoms with E-state index in [2.05, 4.69) is 15.7 Å². The highest BCUT2D eigenvalue weighted by Crippen LogP contribution is 2.40. The molecule has 2 aliphatic rings. The van der Waals surface area contributed by atoms with E-state index in [9.17, 15) is 4.79 Å². The maximum absolute atomic E-state index is 12.2. The molecular weight excluding hydrogens is 258 g/mol. The molecule has 0 aromatic carbocycles. The Labute approximate surface area is 117 Å². The summed E-state index contributed by atoms with van der Waals surface area (Å²) in [5.41, 5.74) is 6.94. The lowest BCUT2D eigenvalue weighted by molar-refractivity contribution is -0.126. The molecular formula is C14H21N3OS. The van der Waals surface area contributed by atoms with Gasteiger partial charge in [0.2, 0.25) is 5.91 Å². The van der Waals surface area contributed by atoms with Gasteiger partial charge in [0.05, 0.1) is 12.2 Å². The van der Waals surface area contributed by atoms with Gasteiger partial charge >= 0.3 is 0 Å². The van der Waals surface area contributed by atoms with E-state index in [0.717, 1.165) is 24.3 Å². The summed E-state index contributed by atoms with van der Waals surface area (Å²) in [4.78, 5) is 16.7. The molecule has 1 amide bonds. The molecule has 0 saturated heterocycles. The second-order valence-corrected chi connectivity index (χ2v) is 6.63. The number of hydrogen-bond donors (Lipinski definition) is 2. The molecule has 3 rings (SSSR count). The number of hydrogen-bond acceptors (Lipinski definition) is 4. The van der Waals surface area contributed by atoms with Gasteiger partial charge in [0, 0.05) is 17.2 Å². The second kappa shape index (κ2) is 5.59. The fourth-order valence-corrected chi connectivity index (χ4v) is 3.75. The first kappa shape index (κ1) is 13.1. The molecule has 0 unspecified atom stereocenters. The second-order valence-electron chi connectivity index (χ2n) is 5.69. The molecule has 104 valence electrons. The van der Waals surface area contributed by atoms with E-state index in [1.54, 1.807) is 11.3 Å². The first-order valence-electron chi connectivity index (χ1n) is 7.20. The first-order chi connectivity index (χ1) is 9.28. The summed E-state index contributed by atoms with van der Waals surface area (Å²) in [6.45, 7) is 1.20. The molecule has 2 saturated carbocycles. The minimum atomic E-state index is 0.118. The van der Waals surface area contributed by atoms with Gasteiger partial charge in [-0.2, -0.15) is 0 Å². The van der Waals surface area contributed by atoms with Crippen LogP contribution in [0.25, 0.3) is 0 Å². The zero-order valence-corrected chi connectivity index (χ0v) is 11.9. The summed E-state index contributed by atoms with van der Waals surface area (Å²) in [7, 11) is 0. The molecule has 19 heavy (non-hydrogen) atoms. The van der Waals surface area contributed by atoms with Crippen molar-refractivity contribution in [2.45, 2.75) is 44.6 Å². The molecule has 2 atom stereocenters. The van der Waals surface area contributed by atoms with Gasteiger partial charge in [-0.25, -0.2) is 4.98 Å². The van der Waals surface area contributed by atoms with Gasteiger partial charge in [-0.3, -0.25) is 4.79 Å². The zero-order valence-electron chi connectivity index (χ0n) is 11.1. The van der Waals surface area contributed by atoms with Crippen molar-refractivity contribution in [2.75, 3.05) is 6.54 Å². The molecule has 5 heteroatoms. The lowest BCUT2D eigenvalue weighted by Crippen LogP contribution is -2.34. The van der Waals surface area contributed by atoms with Gasteiger partial charge in [0.15, 0.2) is 0 Å². The number of thiazole rings is 1. The Balaban J connectivity index is 1.51. The molecule has 1 aromatic heterocycles. The zero-order chi connectivity index (χ0) is 13.2. The van der Waals surface area contributed by atoms with Crippen LogP contribution in [0.2, 0.25) is 0 Å². The number of rotatable bonds is 5. The normalized spacial score (nSPS) is 26.6.